The number of anilines is 1. The Morgan fingerprint density at radius 3 is 2.60 bits per heavy atom. The Bertz CT molecular complexity index is 1930. The molecule has 0 aliphatic carbocycles. The number of thioether (sulfide) groups is 1. The lowest BCUT2D eigenvalue weighted by molar-refractivity contribution is -0.132. The number of Topliss-reactive ketones (excluding diaryl/α,β-unsaturated/α-hetero) is 1. The van der Waals surface area contributed by atoms with E-state index in [1.54, 1.807) is 18.2 Å². The van der Waals surface area contributed by atoms with Gasteiger partial charge in [-0.05, 0) is 59.5 Å². The van der Waals surface area contributed by atoms with Gasteiger partial charge >= 0.3 is 5.91 Å². The van der Waals surface area contributed by atoms with Crippen LogP contribution in [0.4, 0.5) is 5.13 Å². The molecular weight excluding hydrogens is 583 g/mol. The summed E-state index contributed by atoms with van der Waals surface area (Å²) >= 11 is 2.69. The number of nitrogens with zero attached hydrogens (tertiary/aromatic N) is 3. The molecule has 1 saturated heterocycles. The fourth-order valence-corrected chi connectivity index (χ4v) is 7.13. The van der Waals surface area contributed by atoms with Crippen molar-refractivity contribution >= 4 is 56.5 Å². The first-order valence-corrected chi connectivity index (χ1v) is 15.3. The number of fused-ring (bicyclic) bond motifs is 1. The van der Waals surface area contributed by atoms with Gasteiger partial charge in [-0.25, -0.2) is 0 Å². The number of carbonyl (C=O) groups is 2. The number of rotatable bonds is 7. The normalized spacial score (nSPS) is 16.3. The molecule has 1 fully saturated rings. The molecule has 0 spiro atoms. The largest absolute Gasteiger partial charge is 0.507 e. The highest BCUT2D eigenvalue weighted by Gasteiger charge is 2.48. The van der Waals surface area contributed by atoms with Crippen molar-refractivity contribution in [1.82, 2.24) is 10.2 Å². The van der Waals surface area contributed by atoms with Crippen molar-refractivity contribution in [3.8, 4) is 11.5 Å². The van der Waals surface area contributed by atoms with Gasteiger partial charge in [0.2, 0.25) is 5.13 Å². The van der Waals surface area contributed by atoms with Crippen LogP contribution in [0.5, 0.6) is 11.5 Å². The summed E-state index contributed by atoms with van der Waals surface area (Å²) in [6, 6.07) is 23.4. The second-order valence-electron chi connectivity index (χ2n) is 10.2. The third kappa shape index (κ3) is 5.24. The number of ether oxygens (including phenoxy) is 1. The van der Waals surface area contributed by atoms with Crippen LogP contribution in [0, 0.1) is 13.8 Å². The van der Waals surface area contributed by atoms with Crippen molar-refractivity contribution in [2.24, 2.45) is 0 Å². The number of methoxy groups -OCH3 is 1. The maximum atomic E-state index is 13.6. The van der Waals surface area contributed by atoms with Crippen molar-refractivity contribution in [1.29, 1.82) is 0 Å². The first-order chi connectivity index (χ1) is 20.8. The number of phenols is 1. The smallest absolute Gasteiger partial charge is 0.301 e. The molecule has 5 aromatic rings. The zero-order valence-electron chi connectivity index (χ0n) is 23.6. The first-order valence-electron chi connectivity index (χ1n) is 13.4. The van der Waals surface area contributed by atoms with E-state index in [0.717, 1.165) is 27.5 Å². The van der Waals surface area contributed by atoms with E-state index in [4.69, 9.17) is 4.74 Å². The molecule has 8 nitrogen and oxygen atoms in total. The molecule has 0 bridgehead atoms. The van der Waals surface area contributed by atoms with Crippen LogP contribution < -0.4 is 9.64 Å². The van der Waals surface area contributed by atoms with Crippen molar-refractivity contribution in [2.75, 3.05) is 12.0 Å². The summed E-state index contributed by atoms with van der Waals surface area (Å²) in [7, 11) is 1.41. The minimum Gasteiger partial charge on any atom is -0.507 e. The van der Waals surface area contributed by atoms with E-state index in [0.29, 0.717) is 21.2 Å². The Morgan fingerprint density at radius 1 is 1.00 bits per heavy atom. The molecule has 43 heavy (non-hydrogen) atoms. The van der Waals surface area contributed by atoms with Gasteiger partial charge in [-0.2, -0.15) is 0 Å². The summed E-state index contributed by atoms with van der Waals surface area (Å²) in [6.07, 6.45) is 0. The number of aromatic hydroxyl groups is 1. The number of phenolic OH excluding ortho intramolecular Hbond substituents is 1. The summed E-state index contributed by atoms with van der Waals surface area (Å²) in [4.78, 5) is 28.5. The zero-order valence-corrected chi connectivity index (χ0v) is 25.2. The summed E-state index contributed by atoms with van der Waals surface area (Å²) < 4.78 is 5.94. The number of aromatic nitrogens is 2. The molecule has 4 aromatic carbocycles. The molecule has 0 saturated carbocycles. The molecule has 1 atom stereocenters. The Kier molecular flexibility index (Phi) is 7.64. The number of hydrogen-bond acceptors (Lipinski definition) is 9. The molecule has 10 heteroatoms. The molecular formula is C33H27N3O5S2. The maximum absolute atomic E-state index is 13.6. The Morgan fingerprint density at radius 2 is 1.79 bits per heavy atom. The van der Waals surface area contributed by atoms with Gasteiger partial charge in [-0.3, -0.25) is 14.5 Å². The number of aliphatic hydroxyl groups is 1. The summed E-state index contributed by atoms with van der Waals surface area (Å²) in [5.41, 5.74) is 3.62. The highest BCUT2D eigenvalue weighted by molar-refractivity contribution is 8.00. The van der Waals surface area contributed by atoms with Crippen LogP contribution >= 0.6 is 23.1 Å². The van der Waals surface area contributed by atoms with E-state index in [-0.39, 0.29) is 28.0 Å². The van der Waals surface area contributed by atoms with Crippen LogP contribution in [0.3, 0.4) is 0 Å². The molecule has 216 valence electrons. The van der Waals surface area contributed by atoms with E-state index in [1.165, 1.54) is 41.2 Å². The van der Waals surface area contributed by atoms with Crippen LogP contribution in [0.2, 0.25) is 0 Å². The van der Waals surface area contributed by atoms with Gasteiger partial charge in [0.1, 0.15) is 5.76 Å². The lowest BCUT2D eigenvalue weighted by Gasteiger charge is -2.23. The van der Waals surface area contributed by atoms with Crippen molar-refractivity contribution < 1.29 is 24.5 Å². The molecule has 2 N–H and O–H groups in total. The number of aryl methyl sites for hydroxylation is 2. The molecule has 1 aliphatic heterocycles. The fourth-order valence-electron chi connectivity index (χ4n) is 5.26. The predicted molar refractivity (Wildman–Crippen MR) is 169 cm³/mol. The van der Waals surface area contributed by atoms with E-state index in [2.05, 4.69) is 34.5 Å². The molecule has 0 radical (unpaired) electrons. The Balaban J connectivity index is 1.41. The quantitative estimate of drug-likeness (QED) is 0.0671. The molecule has 1 unspecified atom stereocenters. The number of hydrogen-bond donors (Lipinski definition) is 2. The van der Waals surface area contributed by atoms with Crippen LogP contribution in [0.25, 0.3) is 16.5 Å². The summed E-state index contributed by atoms with van der Waals surface area (Å²) in [5, 5.41) is 33.0. The van der Waals surface area contributed by atoms with Crippen molar-refractivity contribution in [3.63, 3.8) is 0 Å². The lowest BCUT2D eigenvalue weighted by Crippen LogP contribution is -2.29. The minimum atomic E-state index is -1.03. The van der Waals surface area contributed by atoms with Crippen LogP contribution in [-0.2, 0) is 15.3 Å². The van der Waals surface area contributed by atoms with E-state index >= 15 is 0 Å². The van der Waals surface area contributed by atoms with Gasteiger partial charge in [0, 0.05) is 11.3 Å². The monoisotopic (exact) mass is 609 g/mol. The second-order valence-corrected chi connectivity index (χ2v) is 12.4. The maximum Gasteiger partial charge on any atom is 0.301 e. The van der Waals surface area contributed by atoms with E-state index in [9.17, 15) is 19.8 Å². The molecule has 1 aliphatic rings. The zero-order chi connectivity index (χ0) is 30.2. The van der Waals surface area contributed by atoms with E-state index < -0.39 is 17.7 Å². The summed E-state index contributed by atoms with van der Waals surface area (Å²) in [5.74, 6) is -1.24. The van der Waals surface area contributed by atoms with Gasteiger partial charge in [-0.15, -0.1) is 10.2 Å². The topological polar surface area (TPSA) is 113 Å². The SMILES string of the molecule is COc1cc(C2/C(=C(\O)c3cc(C)ccc3C)C(=O)C(=O)N2c2nnc(SCc3cccc4ccccc34)s2)ccc1O. The number of amides is 1. The van der Waals surface area contributed by atoms with E-state index in [1.807, 2.05) is 44.2 Å². The fraction of sp³-hybridized carbons (Fsp3) is 0.152. The van der Waals surface area contributed by atoms with Gasteiger partial charge in [0.15, 0.2) is 15.8 Å². The van der Waals surface area contributed by atoms with Crippen LogP contribution in [-0.4, -0.2) is 39.2 Å². The number of aliphatic hydroxyl groups excluding tert-OH is 1. The molecule has 1 amide bonds. The number of benzene rings is 4. The highest BCUT2D eigenvalue weighted by atomic mass is 32.2. The minimum absolute atomic E-state index is 0.0772. The molecule has 2 heterocycles. The Labute approximate surface area is 256 Å². The molecule has 6 rings (SSSR count). The third-order valence-corrected chi connectivity index (χ3v) is 9.55. The van der Waals surface area contributed by atoms with Gasteiger partial charge in [-0.1, -0.05) is 89.3 Å². The number of ketones is 1. The summed E-state index contributed by atoms with van der Waals surface area (Å²) in [6.45, 7) is 3.71. The predicted octanol–water partition coefficient (Wildman–Crippen LogP) is 6.94. The van der Waals surface area contributed by atoms with Gasteiger partial charge < -0.3 is 14.9 Å². The Hall–Kier alpha value is -4.67. The average Bonchev–Trinajstić information content (AvgIpc) is 3.58. The van der Waals surface area contributed by atoms with Crippen LogP contribution in [0.1, 0.15) is 33.9 Å². The molecule has 1 aromatic heterocycles. The van der Waals surface area contributed by atoms with Crippen molar-refractivity contribution in [3.05, 3.63) is 112 Å². The van der Waals surface area contributed by atoms with Gasteiger partial charge in [0.05, 0.1) is 18.7 Å². The standard InChI is InChI=1S/C33H27N3O5S2/c1-18-11-12-19(2)24(15-18)29(38)27-28(21-13-14-25(37)26(16-21)41-3)36(31(40)30(27)39)32-34-35-33(43-32)42-17-22-9-6-8-20-7-4-5-10-23(20)22/h4-16,28,37-38H,17H2,1-3H3/b29-27+. The first kappa shape index (κ1) is 28.4. The van der Waals surface area contributed by atoms with Gasteiger partial charge in [0.25, 0.3) is 5.78 Å². The second kappa shape index (κ2) is 11.5. The average molecular weight is 610 g/mol. The third-order valence-electron chi connectivity index (χ3n) is 7.45. The highest BCUT2D eigenvalue weighted by Crippen LogP contribution is 2.46. The van der Waals surface area contributed by atoms with Crippen LogP contribution in [0.15, 0.2) is 88.8 Å². The lowest BCUT2D eigenvalue weighted by atomic mass is 9.93. The number of carbonyl (C=O) groups excluding carboxylic acids is 2. The van der Waals surface area contributed by atoms with Crippen molar-refractivity contribution in [2.45, 2.75) is 30.0 Å².